The number of rotatable bonds is 7. The second-order valence-electron chi connectivity index (χ2n) is 6.56. The molecular weight excluding hydrogens is 348 g/mol. The molecule has 0 aliphatic rings. The van der Waals surface area contributed by atoms with Gasteiger partial charge < -0.3 is 5.32 Å². The van der Waals surface area contributed by atoms with Gasteiger partial charge >= 0.3 is 0 Å². The van der Waals surface area contributed by atoms with Crippen LogP contribution in [0.2, 0.25) is 0 Å². The van der Waals surface area contributed by atoms with E-state index in [0.717, 1.165) is 16.7 Å². The fourth-order valence-corrected chi connectivity index (χ4v) is 4.20. The van der Waals surface area contributed by atoms with Crippen molar-refractivity contribution < 1.29 is 13.2 Å². The predicted molar refractivity (Wildman–Crippen MR) is 103 cm³/mol. The summed E-state index contributed by atoms with van der Waals surface area (Å²) in [4.78, 5) is 12.4. The van der Waals surface area contributed by atoms with Crippen LogP contribution in [0.4, 0.5) is 0 Å². The monoisotopic (exact) mass is 374 g/mol. The SMILES string of the molecule is Cc1ccc(S(=O)(=O)NCCC(=O)NC(C)c2ccccc2C)c(C)c1. The molecule has 6 heteroatoms. The van der Waals surface area contributed by atoms with Gasteiger partial charge in [0.25, 0.3) is 0 Å². The van der Waals surface area contributed by atoms with Gasteiger partial charge in [0.15, 0.2) is 0 Å². The number of hydrogen-bond acceptors (Lipinski definition) is 3. The molecule has 140 valence electrons. The van der Waals surface area contributed by atoms with Crippen molar-refractivity contribution in [3.8, 4) is 0 Å². The minimum absolute atomic E-state index is 0.0575. The molecule has 2 aromatic carbocycles. The van der Waals surface area contributed by atoms with Crippen LogP contribution in [0.1, 0.15) is 41.6 Å². The summed E-state index contributed by atoms with van der Waals surface area (Å²) in [6.07, 6.45) is 0.0837. The van der Waals surface area contributed by atoms with Crippen molar-refractivity contribution in [2.45, 2.75) is 45.1 Å². The average Bonchev–Trinajstić information content (AvgIpc) is 2.54. The number of nitrogens with one attached hydrogen (secondary N) is 2. The third kappa shape index (κ3) is 5.16. The Bertz CT molecular complexity index is 892. The second-order valence-corrected chi connectivity index (χ2v) is 8.30. The number of hydrogen-bond donors (Lipinski definition) is 2. The van der Waals surface area contributed by atoms with E-state index in [4.69, 9.17) is 0 Å². The van der Waals surface area contributed by atoms with E-state index in [9.17, 15) is 13.2 Å². The van der Waals surface area contributed by atoms with Gasteiger partial charge in [-0.1, -0.05) is 42.0 Å². The quantitative estimate of drug-likeness (QED) is 0.782. The number of carbonyl (C=O) groups is 1. The molecule has 1 atom stereocenters. The third-order valence-corrected chi connectivity index (χ3v) is 5.92. The molecular formula is C20H26N2O3S. The Kier molecular flexibility index (Phi) is 6.56. The molecule has 2 aromatic rings. The van der Waals surface area contributed by atoms with Crippen molar-refractivity contribution in [3.05, 3.63) is 64.7 Å². The highest BCUT2D eigenvalue weighted by Crippen LogP contribution is 2.17. The Hall–Kier alpha value is -2.18. The molecule has 0 spiro atoms. The van der Waals surface area contributed by atoms with Crippen molar-refractivity contribution in [3.63, 3.8) is 0 Å². The zero-order chi connectivity index (χ0) is 19.3. The normalized spacial score (nSPS) is 12.6. The van der Waals surface area contributed by atoms with Crippen LogP contribution < -0.4 is 10.0 Å². The zero-order valence-electron chi connectivity index (χ0n) is 15.7. The lowest BCUT2D eigenvalue weighted by molar-refractivity contribution is -0.121. The van der Waals surface area contributed by atoms with Gasteiger partial charge in [-0.3, -0.25) is 4.79 Å². The first-order chi connectivity index (χ1) is 12.2. The first-order valence-corrected chi connectivity index (χ1v) is 10.1. The summed E-state index contributed by atoms with van der Waals surface area (Å²) in [5, 5.41) is 2.91. The van der Waals surface area contributed by atoms with Gasteiger partial charge in [0, 0.05) is 13.0 Å². The molecule has 0 saturated heterocycles. The van der Waals surface area contributed by atoms with Crippen LogP contribution in [-0.4, -0.2) is 20.9 Å². The van der Waals surface area contributed by atoms with Gasteiger partial charge in [-0.15, -0.1) is 0 Å². The van der Waals surface area contributed by atoms with Crippen LogP contribution in [0.15, 0.2) is 47.4 Å². The fourth-order valence-electron chi connectivity index (χ4n) is 2.94. The van der Waals surface area contributed by atoms with E-state index >= 15 is 0 Å². The van der Waals surface area contributed by atoms with Crippen molar-refractivity contribution >= 4 is 15.9 Å². The van der Waals surface area contributed by atoms with Gasteiger partial charge in [-0.25, -0.2) is 13.1 Å². The first-order valence-electron chi connectivity index (χ1n) is 8.62. The summed E-state index contributed by atoms with van der Waals surface area (Å²) >= 11 is 0. The van der Waals surface area contributed by atoms with E-state index < -0.39 is 10.0 Å². The molecule has 5 nitrogen and oxygen atoms in total. The standard InChI is InChI=1S/C20H26N2O3S/c1-14-9-10-19(16(3)13-14)26(24,25)21-12-11-20(23)22-17(4)18-8-6-5-7-15(18)2/h5-10,13,17,21H,11-12H2,1-4H3,(H,22,23). The molecule has 0 heterocycles. The summed E-state index contributed by atoms with van der Waals surface area (Å²) in [6, 6.07) is 12.9. The van der Waals surface area contributed by atoms with Crippen LogP contribution >= 0.6 is 0 Å². The Morgan fingerprint density at radius 1 is 1.04 bits per heavy atom. The van der Waals surface area contributed by atoms with Crippen molar-refractivity contribution in [1.29, 1.82) is 0 Å². The highest BCUT2D eigenvalue weighted by atomic mass is 32.2. The van der Waals surface area contributed by atoms with Crippen LogP contribution in [0.3, 0.4) is 0 Å². The van der Waals surface area contributed by atoms with E-state index in [0.29, 0.717) is 5.56 Å². The Morgan fingerprint density at radius 3 is 2.38 bits per heavy atom. The molecule has 0 aromatic heterocycles. The number of carbonyl (C=O) groups excluding carboxylic acids is 1. The minimum atomic E-state index is -3.62. The predicted octanol–water partition coefficient (Wildman–Crippen LogP) is 3.16. The van der Waals surface area contributed by atoms with E-state index in [1.807, 2.05) is 51.1 Å². The minimum Gasteiger partial charge on any atom is -0.350 e. The molecule has 0 fully saturated rings. The highest BCUT2D eigenvalue weighted by Gasteiger charge is 2.17. The molecule has 0 saturated carbocycles. The Morgan fingerprint density at radius 2 is 1.73 bits per heavy atom. The summed E-state index contributed by atoms with van der Waals surface area (Å²) in [7, 11) is -3.62. The van der Waals surface area contributed by atoms with Gasteiger partial charge in [0.1, 0.15) is 0 Å². The van der Waals surface area contributed by atoms with E-state index in [2.05, 4.69) is 10.0 Å². The summed E-state index contributed by atoms with van der Waals surface area (Å²) in [6.45, 7) is 7.65. The molecule has 0 aliphatic carbocycles. The smallest absolute Gasteiger partial charge is 0.240 e. The Balaban J connectivity index is 1.90. The molecule has 2 N–H and O–H groups in total. The number of aryl methyl sites for hydroxylation is 3. The summed E-state index contributed by atoms with van der Waals surface area (Å²) in [5.41, 5.74) is 3.86. The molecule has 0 aliphatic heterocycles. The Labute approximate surface area is 155 Å². The van der Waals surface area contributed by atoms with E-state index in [-0.39, 0.29) is 29.8 Å². The van der Waals surface area contributed by atoms with Gasteiger partial charge in [-0.2, -0.15) is 0 Å². The fraction of sp³-hybridized carbons (Fsp3) is 0.350. The van der Waals surface area contributed by atoms with E-state index in [1.165, 1.54) is 0 Å². The zero-order valence-corrected chi connectivity index (χ0v) is 16.5. The molecule has 0 bridgehead atoms. The lowest BCUT2D eigenvalue weighted by Gasteiger charge is -2.16. The molecule has 2 rings (SSSR count). The molecule has 1 amide bonds. The largest absolute Gasteiger partial charge is 0.350 e. The maximum atomic E-state index is 12.4. The van der Waals surface area contributed by atoms with Gasteiger partial charge in [0.05, 0.1) is 10.9 Å². The number of sulfonamides is 1. The highest BCUT2D eigenvalue weighted by molar-refractivity contribution is 7.89. The lowest BCUT2D eigenvalue weighted by Crippen LogP contribution is -2.32. The maximum Gasteiger partial charge on any atom is 0.240 e. The molecule has 1 unspecified atom stereocenters. The summed E-state index contributed by atoms with van der Waals surface area (Å²) in [5.74, 6) is -0.191. The van der Waals surface area contributed by atoms with Crippen molar-refractivity contribution in [2.75, 3.05) is 6.54 Å². The van der Waals surface area contributed by atoms with Crippen LogP contribution in [0.25, 0.3) is 0 Å². The number of amides is 1. The topological polar surface area (TPSA) is 75.3 Å². The van der Waals surface area contributed by atoms with Gasteiger partial charge in [-0.05, 0) is 50.5 Å². The van der Waals surface area contributed by atoms with Gasteiger partial charge in [0.2, 0.25) is 15.9 Å². The van der Waals surface area contributed by atoms with Crippen LogP contribution in [0.5, 0.6) is 0 Å². The second kappa shape index (κ2) is 8.47. The van der Waals surface area contributed by atoms with Crippen molar-refractivity contribution in [1.82, 2.24) is 10.0 Å². The van der Waals surface area contributed by atoms with Crippen LogP contribution in [-0.2, 0) is 14.8 Å². The maximum absolute atomic E-state index is 12.4. The van der Waals surface area contributed by atoms with E-state index in [1.54, 1.807) is 19.1 Å². The van der Waals surface area contributed by atoms with Crippen molar-refractivity contribution in [2.24, 2.45) is 0 Å². The molecule has 26 heavy (non-hydrogen) atoms. The first kappa shape index (κ1) is 20.1. The number of benzene rings is 2. The van der Waals surface area contributed by atoms with Crippen LogP contribution in [0, 0.1) is 20.8 Å². The third-order valence-electron chi connectivity index (χ3n) is 4.30. The average molecular weight is 375 g/mol. The summed E-state index contributed by atoms with van der Waals surface area (Å²) < 4.78 is 27.3. The molecule has 0 radical (unpaired) electrons. The lowest BCUT2D eigenvalue weighted by atomic mass is 10.0.